The van der Waals surface area contributed by atoms with Crippen LogP contribution >= 0.6 is 0 Å². The van der Waals surface area contributed by atoms with E-state index in [9.17, 15) is 14.9 Å². The van der Waals surface area contributed by atoms with Gasteiger partial charge in [-0.3, -0.25) is 14.9 Å². The molecule has 0 aliphatic rings. The molecule has 0 bridgehead atoms. The SMILES string of the molecule is CCCCCCCCCCC(=O)Nc1ccc([N+](=O)[O-])cn1. The standard InChI is InChI=1S/C16H25N3O3/c1-2-3-4-5-6-7-8-9-10-16(20)18-15-12-11-14(13-17-15)19(21)22/h11-13H,2-10H2,1H3,(H,17,18,20). The van der Waals surface area contributed by atoms with E-state index in [1.54, 1.807) is 0 Å². The number of carbonyl (C=O) groups excluding carboxylic acids is 1. The molecule has 0 fully saturated rings. The van der Waals surface area contributed by atoms with Crippen LogP contribution in [0.15, 0.2) is 18.3 Å². The van der Waals surface area contributed by atoms with Crippen LogP contribution in [0.3, 0.4) is 0 Å². The largest absolute Gasteiger partial charge is 0.311 e. The second kappa shape index (κ2) is 10.7. The van der Waals surface area contributed by atoms with E-state index in [4.69, 9.17) is 0 Å². The number of unbranched alkanes of at least 4 members (excludes halogenated alkanes) is 7. The molecule has 1 heterocycles. The van der Waals surface area contributed by atoms with Gasteiger partial charge in [-0.05, 0) is 12.5 Å². The molecule has 0 aromatic carbocycles. The second-order valence-corrected chi connectivity index (χ2v) is 5.43. The zero-order valence-corrected chi connectivity index (χ0v) is 13.2. The number of hydrogen-bond donors (Lipinski definition) is 1. The molecule has 0 spiro atoms. The van der Waals surface area contributed by atoms with Crippen molar-refractivity contribution in [3.63, 3.8) is 0 Å². The maximum atomic E-state index is 11.7. The van der Waals surface area contributed by atoms with Gasteiger partial charge < -0.3 is 5.32 Å². The monoisotopic (exact) mass is 307 g/mol. The van der Waals surface area contributed by atoms with E-state index < -0.39 is 4.92 Å². The van der Waals surface area contributed by atoms with Gasteiger partial charge in [-0.1, -0.05) is 51.9 Å². The van der Waals surface area contributed by atoms with Gasteiger partial charge in [0.2, 0.25) is 5.91 Å². The maximum absolute atomic E-state index is 11.7. The van der Waals surface area contributed by atoms with Crippen molar-refractivity contribution < 1.29 is 9.72 Å². The highest BCUT2D eigenvalue weighted by atomic mass is 16.6. The summed E-state index contributed by atoms with van der Waals surface area (Å²) in [7, 11) is 0. The van der Waals surface area contributed by atoms with Gasteiger partial charge in [-0.2, -0.15) is 0 Å². The number of aromatic nitrogens is 1. The smallest absolute Gasteiger partial charge is 0.287 e. The number of pyridine rings is 1. The molecule has 1 amide bonds. The third-order valence-electron chi connectivity index (χ3n) is 3.48. The molecule has 122 valence electrons. The average Bonchev–Trinajstić information content (AvgIpc) is 2.50. The van der Waals surface area contributed by atoms with Crippen molar-refractivity contribution in [1.82, 2.24) is 4.98 Å². The first-order valence-electron chi connectivity index (χ1n) is 8.03. The number of carbonyl (C=O) groups is 1. The van der Waals surface area contributed by atoms with Gasteiger partial charge in [0.25, 0.3) is 5.69 Å². The van der Waals surface area contributed by atoms with Crippen LogP contribution < -0.4 is 5.32 Å². The Hall–Kier alpha value is -1.98. The van der Waals surface area contributed by atoms with Gasteiger partial charge in [0.15, 0.2) is 0 Å². The molecule has 6 nitrogen and oxygen atoms in total. The van der Waals surface area contributed by atoms with Crippen molar-refractivity contribution in [2.75, 3.05) is 5.32 Å². The van der Waals surface area contributed by atoms with E-state index in [0.717, 1.165) is 19.0 Å². The predicted molar refractivity (Wildman–Crippen MR) is 86.7 cm³/mol. The van der Waals surface area contributed by atoms with E-state index in [1.807, 2.05) is 0 Å². The van der Waals surface area contributed by atoms with Crippen LogP contribution in [-0.4, -0.2) is 15.8 Å². The highest BCUT2D eigenvalue weighted by Gasteiger charge is 2.07. The molecule has 0 saturated carbocycles. The summed E-state index contributed by atoms with van der Waals surface area (Å²) < 4.78 is 0. The number of anilines is 1. The quantitative estimate of drug-likeness (QED) is 0.371. The molecule has 0 atom stereocenters. The lowest BCUT2D eigenvalue weighted by molar-refractivity contribution is -0.385. The summed E-state index contributed by atoms with van der Waals surface area (Å²) in [6.07, 6.45) is 11.1. The van der Waals surface area contributed by atoms with Crippen LogP contribution in [0.2, 0.25) is 0 Å². The van der Waals surface area contributed by atoms with Gasteiger partial charge in [-0.15, -0.1) is 0 Å². The zero-order valence-electron chi connectivity index (χ0n) is 13.2. The van der Waals surface area contributed by atoms with E-state index in [1.165, 1.54) is 50.7 Å². The maximum Gasteiger partial charge on any atom is 0.287 e. The van der Waals surface area contributed by atoms with E-state index in [2.05, 4.69) is 17.2 Å². The summed E-state index contributed by atoms with van der Waals surface area (Å²) >= 11 is 0. The molecule has 0 radical (unpaired) electrons. The van der Waals surface area contributed by atoms with Gasteiger partial charge >= 0.3 is 0 Å². The molecule has 1 rings (SSSR count). The highest BCUT2D eigenvalue weighted by Crippen LogP contribution is 2.13. The van der Waals surface area contributed by atoms with Crippen LogP contribution in [0.5, 0.6) is 0 Å². The molecule has 0 unspecified atom stereocenters. The molecule has 0 saturated heterocycles. The van der Waals surface area contributed by atoms with E-state index in [-0.39, 0.29) is 11.6 Å². The summed E-state index contributed by atoms with van der Waals surface area (Å²) in [6.45, 7) is 2.21. The third-order valence-corrected chi connectivity index (χ3v) is 3.48. The number of nitrogens with one attached hydrogen (secondary N) is 1. The highest BCUT2D eigenvalue weighted by molar-refractivity contribution is 5.89. The summed E-state index contributed by atoms with van der Waals surface area (Å²) in [6, 6.07) is 2.78. The van der Waals surface area contributed by atoms with Crippen LogP contribution in [-0.2, 0) is 4.79 Å². The molecule has 1 aromatic heterocycles. The molecule has 1 aromatic rings. The minimum absolute atomic E-state index is 0.0823. The Bertz CT molecular complexity index is 460. The lowest BCUT2D eigenvalue weighted by Gasteiger charge is -2.04. The minimum atomic E-state index is -0.515. The first-order valence-corrected chi connectivity index (χ1v) is 8.03. The van der Waals surface area contributed by atoms with Gasteiger partial charge in [-0.25, -0.2) is 4.98 Å². The lowest BCUT2D eigenvalue weighted by atomic mass is 10.1. The number of amides is 1. The lowest BCUT2D eigenvalue weighted by Crippen LogP contribution is -2.12. The van der Waals surface area contributed by atoms with Crippen molar-refractivity contribution in [2.24, 2.45) is 0 Å². The zero-order chi connectivity index (χ0) is 16.2. The second-order valence-electron chi connectivity index (χ2n) is 5.43. The average molecular weight is 307 g/mol. The first-order chi connectivity index (χ1) is 10.6. The fourth-order valence-electron chi connectivity index (χ4n) is 2.19. The number of nitro groups is 1. The summed E-state index contributed by atoms with van der Waals surface area (Å²) in [4.78, 5) is 25.6. The van der Waals surface area contributed by atoms with Crippen LogP contribution in [0, 0.1) is 10.1 Å². The van der Waals surface area contributed by atoms with Gasteiger partial charge in [0.1, 0.15) is 12.0 Å². The molecule has 1 N–H and O–H groups in total. The molecular formula is C16H25N3O3. The van der Waals surface area contributed by atoms with Crippen molar-refractivity contribution in [3.8, 4) is 0 Å². The van der Waals surface area contributed by atoms with E-state index >= 15 is 0 Å². The first kappa shape index (κ1) is 18.1. The Balaban J connectivity index is 2.12. The van der Waals surface area contributed by atoms with Gasteiger partial charge in [0.05, 0.1) is 4.92 Å². The van der Waals surface area contributed by atoms with Crippen molar-refractivity contribution in [1.29, 1.82) is 0 Å². The Morgan fingerprint density at radius 3 is 2.32 bits per heavy atom. The Labute approximate surface area is 131 Å². The van der Waals surface area contributed by atoms with Crippen molar-refractivity contribution >= 4 is 17.4 Å². The van der Waals surface area contributed by atoms with Crippen molar-refractivity contribution in [3.05, 3.63) is 28.4 Å². The van der Waals surface area contributed by atoms with Crippen LogP contribution in [0.25, 0.3) is 0 Å². The van der Waals surface area contributed by atoms with Crippen molar-refractivity contribution in [2.45, 2.75) is 64.7 Å². The Kier molecular flexibility index (Phi) is 8.79. The molecule has 6 heteroatoms. The summed E-state index contributed by atoms with van der Waals surface area (Å²) in [5.41, 5.74) is -0.0823. The summed E-state index contributed by atoms with van der Waals surface area (Å²) in [5, 5.41) is 13.2. The third kappa shape index (κ3) is 7.71. The summed E-state index contributed by atoms with van der Waals surface area (Å²) in [5.74, 6) is 0.266. The molecular weight excluding hydrogens is 282 g/mol. The number of rotatable bonds is 11. The minimum Gasteiger partial charge on any atom is -0.311 e. The molecule has 0 aliphatic carbocycles. The predicted octanol–water partition coefficient (Wildman–Crippen LogP) is 4.46. The van der Waals surface area contributed by atoms with E-state index in [0.29, 0.717) is 12.2 Å². The Morgan fingerprint density at radius 2 is 1.77 bits per heavy atom. The van der Waals surface area contributed by atoms with Crippen LogP contribution in [0.1, 0.15) is 64.7 Å². The fourth-order valence-corrected chi connectivity index (χ4v) is 2.19. The van der Waals surface area contributed by atoms with Gasteiger partial charge in [0, 0.05) is 12.5 Å². The topological polar surface area (TPSA) is 85.1 Å². The Morgan fingerprint density at radius 1 is 1.14 bits per heavy atom. The number of nitrogens with zero attached hydrogens (tertiary/aromatic N) is 2. The molecule has 22 heavy (non-hydrogen) atoms. The number of hydrogen-bond acceptors (Lipinski definition) is 4. The van der Waals surface area contributed by atoms with Crippen LogP contribution in [0.4, 0.5) is 11.5 Å². The molecule has 0 aliphatic heterocycles. The normalized spacial score (nSPS) is 10.4. The fraction of sp³-hybridized carbons (Fsp3) is 0.625.